The van der Waals surface area contributed by atoms with Gasteiger partial charge in [-0.05, 0) is 42.0 Å². The van der Waals surface area contributed by atoms with Gasteiger partial charge < -0.3 is 5.32 Å². The Morgan fingerprint density at radius 2 is 1.61 bits per heavy atom. The Morgan fingerprint density at radius 1 is 0.957 bits per heavy atom. The highest BCUT2D eigenvalue weighted by molar-refractivity contribution is 7.91. The van der Waals surface area contributed by atoms with Gasteiger partial charge in [0.1, 0.15) is 5.75 Å². The predicted molar refractivity (Wildman–Crippen MR) is 94.0 cm³/mol. The molecule has 0 heterocycles. The first-order chi connectivity index (χ1) is 10.7. The van der Waals surface area contributed by atoms with E-state index in [0.717, 1.165) is 0 Å². The van der Waals surface area contributed by atoms with Crippen LogP contribution in [0.1, 0.15) is 5.56 Å². The summed E-state index contributed by atoms with van der Waals surface area (Å²) in [4.78, 5) is 11.9. The van der Waals surface area contributed by atoms with Gasteiger partial charge in [-0.15, -0.1) is 0 Å². The topological polar surface area (TPSA) is 63.2 Å². The molecular formula is C15H12Cl3NO3S. The van der Waals surface area contributed by atoms with Crippen LogP contribution in [0.2, 0.25) is 15.1 Å². The Morgan fingerprint density at radius 3 is 2.22 bits per heavy atom. The minimum atomic E-state index is -3.63. The van der Waals surface area contributed by atoms with Crippen molar-refractivity contribution in [3.05, 3.63) is 63.1 Å². The number of carbonyl (C=O) groups is 1. The molecule has 1 N–H and O–H groups in total. The van der Waals surface area contributed by atoms with Gasteiger partial charge in [0, 0.05) is 10.7 Å². The molecule has 0 aliphatic heterocycles. The molecule has 0 atom stereocenters. The number of nitrogens with one attached hydrogen (secondary N) is 1. The number of sulfone groups is 1. The van der Waals surface area contributed by atoms with Crippen LogP contribution in [0.5, 0.6) is 0 Å². The quantitative estimate of drug-likeness (QED) is 0.829. The molecule has 0 spiro atoms. The number of benzene rings is 2. The first-order valence-corrected chi connectivity index (χ1v) is 9.40. The molecule has 2 aromatic carbocycles. The SMILES string of the molecule is O=C(CS(=O)(=O)Cc1ccc(Cl)c(Cl)c1)Nc1ccc(Cl)cc1. The van der Waals surface area contributed by atoms with E-state index < -0.39 is 21.5 Å². The lowest BCUT2D eigenvalue weighted by Gasteiger charge is -2.07. The van der Waals surface area contributed by atoms with Gasteiger partial charge in [-0.25, -0.2) is 8.42 Å². The monoisotopic (exact) mass is 391 g/mol. The number of halogens is 3. The van der Waals surface area contributed by atoms with Crippen molar-refractivity contribution >= 4 is 56.2 Å². The zero-order chi connectivity index (χ0) is 17.0. The molecule has 2 rings (SSSR count). The third-order valence-corrected chi connectivity index (χ3v) is 5.32. The lowest BCUT2D eigenvalue weighted by atomic mass is 10.2. The van der Waals surface area contributed by atoms with E-state index in [-0.39, 0.29) is 10.8 Å². The van der Waals surface area contributed by atoms with Gasteiger partial charge >= 0.3 is 0 Å². The molecule has 0 radical (unpaired) electrons. The van der Waals surface area contributed by atoms with E-state index in [9.17, 15) is 13.2 Å². The summed E-state index contributed by atoms with van der Waals surface area (Å²) in [6.45, 7) is 0. The Labute approximate surface area is 149 Å². The van der Waals surface area contributed by atoms with Gasteiger partial charge in [0.05, 0.1) is 15.8 Å². The van der Waals surface area contributed by atoms with Crippen molar-refractivity contribution in [2.45, 2.75) is 5.75 Å². The zero-order valence-corrected chi connectivity index (χ0v) is 14.8. The lowest BCUT2D eigenvalue weighted by Crippen LogP contribution is -2.23. The summed E-state index contributed by atoms with van der Waals surface area (Å²) in [7, 11) is -3.63. The van der Waals surface area contributed by atoms with Crippen LogP contribution in [0.3, 0.4) is 0 Å². The second-order valence-corrected chi connectivity index (χ2v) is 8.15. The van der Waals surface area contributed by atoms with Crippen LogP contribution in [0, 0.1) is 0 Å². The molecule has 0 aliphatic rings. The van der Waals surface area contributed by atoms with E-state index in [1.807, 2.05) is 0 Å². The fraction of sp³-hybridized carbons (Fsp3) is 0.133. The Balaban J connectivity index is 2.01. The molecule has 122 valence electrons. The molecule has 0 saturated heterocycles. The van der Waals surface area contributed by atoms with E-state index in [1.54, 1.807) is 30.3 Å². The molecule has 0 fully saturated rings. The summed E-state index contributed by atoms with van der Waals surface area (Å²) in [6, 6.07) is 10.9. The summed E-state index contributed by atoms with van der Waals surface area (Å²) < 4.78 is 24.2. The molecule has 1 amide bonds. The predicted octanol–water partition coefficient (Wildman–Crippen LogP) is 4.20. The zero-order valence-electron chi connectivity index (χ0n) is 11.7. The average Bonchev–Trinajstić information content (AvgIpc) is 2.44. The number of anilines is 1. The van der Waals surface area contributed by atoms with E-state index in [0.29, 0.717) is 21.3 Å². The van der Waals surface area contributed by atoms with Crippen LogP contribution >= 0.6 is 34.8 Å². The molecule has 23 heavy (non-hydrogen) atoms. The van der Waals surface area contributed by atoms with Gasteiger partial charge in [-0.2, -0.15) is 0 Å². The van der Waals surface area contributed by atoms with Crippen molar-refractivity contribution < 1.29 is 13.2 Å². The second-order valence-electron chi connectivity index (χ2n) is 4.84. The minimum absolute atomic E-state index is 0.269. The van der Waals surface area contributed by atoms with Crippen molar-refractivity contribution in [1.29, 1.82) is 0 Å². The largest absolute Gasteiger partial charge is 0.325 e. The fourth-order valence-electron chi connectivity index (χ4n) is 1.86. The van der Waals surface area contributed by atoms with Gasteiger partial charge in [0.15, 0.2) is 9.84 Å². The maximum Gasteiger partial charge on any atom is 0.239 e. The maximum absolute atomic E-state index is 12.1. The highest BCUT2D eigenvalue weighted by Crippen LogP contribution is 2.23. The third kappa shape index (κ3) is 5.70. The van der Waals surface area contributed by atoms with E-state index >= 15 is 0 Å². The van der Waals surface area contributed by atoms with E-state index in [1.165, 1.54) is 12.1 Å². The van der Waals surface area contributed by atoms with Crippen molar-refractivity contribution in [2.24, 2.45) is 0 Å². The first-order valence-electron chi connectivity index (χ1n) is 6.45. The molecule has 0 aromatic heterocycles. The molecule has 2 aromatic rings. The Bertz CT molecular complexity index is 820. The van der Waals surface area contributed by atoms with Crippen LogP contribution in [0.25, 0.3) is 0 Å². The van der Waals surface area contributed by atoms with Crippen LogP contribution in [0.4, 0.5) is 5.69 Å². The number of hydrogen-bond acceptors (Lipinski definition) is 3. The summed E-state index contributed by atoms with van der Waals surface area (Å²) in [5.74, 6) is -1.54. The summed E-state index contributed by atoms with van der Waals surface area (Å²) in [5.41, 5.74) is 0.947. The number of rotatable bonds is 5. The van der Waals surface area contributed by atoms with Crippen LogP contribution in [0.15, 0.2) is 42.5 Å². The number of hydrogen-bond donors (Lipinski definition) is 1. The normalized spacial score (nSPS) is 11.3. The molecule has 8 heteroatoms. The highest BCUT2D eigenvalue weighted by Gasteiger charge is 2.18. The van der Waals surface area contributed by atoms with Crippen LogP contribution in [-0.4, -0.2) is 20.1 Å². The molecule has 4 nitrogen and oxygen atoms in total. The average molecular weight is 393 g/mol. The Kier molecular flexibility index (Phi) is 5.92. The van der Waals surface area contributed by atoms with E-state index in [2.05, 4.69) is 5.32 Å². The molecule has 0 aliphatic carbocycles. The van der Waals surface area contributed by atoms with Gasteiger partial charge in [0.25, 0.3) is 0 Å². The second kappa shape index (κ2) is 7.53. The third-order valence-electron chi connectivity index (χ3n) is 2.85. The van der Waals surface area contributed by atoms with Gasteiger partial charge in [-0.1, -0.05) is 40.9 Å². The maximum atomic E-state index is 12.1. The van der Waals surface area contributed by atoms with Crippen molar-refractivity contribution in [2.75, 3.05) is 11.1 Å². The standard InChI is InChI=1S/C15H12Cl3NO3S/c16-11-2-4-12(5-3-11)19-15(20)9-23(21,22)8-10-1-6-13(17)14(18)7-10/h1-7H,8-9H2,(H,19,20). The fourth-order valence-corrected chi connectivity index (χ4v) is 3.57. The molecule has 0 bridgehead atoms. The molecular weight excluding hydrogens is 381 g/mol. The number of amides is 1. The lowest BCUT2D eigenvalue weighted by molar-refractivity contribution is -0.113. The summed E-state index contributed by atoms with van der Waals surface area (Å²) >= 11 is 17.4. The Hall–Kier alpha value is -1.27. The molecule has 0 unspecified atom stereocenters. The highest BCUT2D eigenvalue weighted by atomic mass is 35.5. The van der Waals surface area contributed by atoms with Crippen molar-refractivity contribution in [3.8, 4) is 0 Å². The summed E-state index contributed by atoms with van der Waals surface area (Å²) in [6.07, 6.45) is 0. The minimum Gasteiger partial charge on any atom is -0.325 e. The van der Waals surface area contributed by atoms with Gasteiger partial charge in [0.2, 0.25) is 5.91 Å². The smallest absolute Gasteiger partial charge is 0.239 e. The van der Waals surface area contributed by atoms with Crippen molar-refractivity contribution in [3.63, 3.8) is 0 Å². The summed E-state index contributed by atoms with van der Waals surface area (Å²) in [5, 5.41) is 3.64. The van der Waals surface area contributed by atoms with Crippen LogP contribution < -0.4 is 5.32 Å². The van der Waals surface area contributed by atoms with Crippen molar-refractivity contribution in [1.82, 2.24) is 0 Å². The first kappa shape index (κ1) is 18.1. The van der Waals surface area contributed by atoms with Crippen LogP contribution in [-0.2, 0) is 20.4 Å². The molecule has 0 saturated carbocycles. The van der Waals surface area contributed by atoms with E-state index in [4.69, 9.17) is 34.8 Å². The number of carbonyl (C=O) groups excluding carboxylic acids is 1. The van der Waals surface area contributed by atoms with Gasteiger partial charge in [-0.3, -0.25) is 4.79 Å².